The van der Waals surface area contributed by atoms with Crippen molar-refractivity contribution in [3.63, 3.8) is 0 Å². The number of fused-ring (bicyclic) bond motifs is 1. The predicted molar refractivity (Wildman–Crippen MR) is 114 cm³/mol. The molecule has 1 amide bonds. The van der Waals surface area contributed by atoms with Crippen LogP contribution in [0.2, 0.25) is 0 Å². The first kappa shape index (κ1) is 20.8. The number of rotatable bonds is 6. The van der Waals surface area contributed by atoms with Gasteiger partial charge in [-0.05, 0) is 0 Å². The van der Waals surface area contributed by atoms with Gasteiger partial charge in [0.2, 0.25) is 0 Å². The van der Waals surface area contributed by atoms with E-state index in [4.69, 9.17) is 0 Å². The summed E-state index contributed by atoms with van der Waals surface area (Å²) in [4.78, 5) is 17.8. The molecule has 3 aromatic rings. The maximum absolute atomic E-state index is 13.3. The number of hydrogen-bond acceptors (Lipinski definition) is 5. The number of amides is 1. The Hall–Kier alpha value is -1.49. The van der Waals surface area contributed by atoms with Crippen molar-refractivity contribution in [2.45, 2.75) is 24.3 Å². The summed E-state index contributed by atoms with van der Waals surface area (Å²) in [6, 6.07) is 15.3. The van der Waals surface area contributed by atoms with Gasteiger partial charge in [-0.15, -0.1) is 0 Å². The van der Waals surface area contributed by atoms with Gasteiger partial charge in [0.25, 0.3) is 0 Å². The van der Waals surface area contributed by atoms with Crippen LogP contribution in [0.4, 0.5) is 5.69 Å². The van der Waals surface area contributed by atoms with Gasteiger partial charge in [0.15, 0.2) is 0 Å². The summed E-state index contributed by atoms with van der Waals surface area (Å²) < 4.78 is 17.6. The molecule has 9 heteroatoms. The van der Waals surface area contributed by atoms with E-state index >= 15 is 0 Å². The van der Waals surface area contributed by atoms with E-state index in [2.05, 4.69) is 20.3 Å². The van der Waals surface area contributed by atoms with Crippen LogP contribution in [0.25, 0.3) is 10.2 Å². The number of benzene rings is 2. The Labute approximate surface area is 183 Å². The van der Waals surface area contributed by atoms with E-state index in [0.29, 0.717) is 17.1 Å². The number of carbonyl (C=O) groups is 1. The number of anilines is 1. The summed E-state index contributed by atoms with van der Waals surface area (Å²) in [7, 11) is -2.45. The van der Waals surface area contributed by atoms with Crippen LogP contribution in [-0.4, -0.2) is 28.2 Å². The number of hydrogen-bond donors (Lipinski definition) is 3. The molecule has 2 aromatic carbocycles. The van der Waals surface area contributed by atoms with Crippen LogP contribution in [0.5, 0.6) is 0 Å². The molecule has 6 nitrogen and oxygen atoms in total. The summed E-state index contributed by atoms with van der Waals surface area (Å²) in [5.74, 6) is 0.0704. The molecule has 0 radical (unpaired) electrons. The van der Waals surface area contributed by atoms with Crippen LogP contribution in [0.3, 0.4) is 0 Å². The average molecular weight is 605 g/mol. The molecule has 29 heavy (non-hydrogen) atoms. The van der Waals surface area contributed by atoms with Crippen molar-refractivity contribution < 1.29 is 25.8 Å². The molecule has 0 spiro atoms. The van der Waals surface area contributed by atoms with E-state index in [9.17, 15) is 9.00 Å². The summed E-state index contributed by atoms with van der Waals surface area (Å²) in [5, 5.41) is 7.16. The van der Waals surface area contributed by atoms with Crippen molar-refractivity contribution in [1.82, 2.24) is 15.0 Å². The standard InChI is InChI=1S/C20H22N4O2S2.Os/c25-20(14-8-10-21-11-9-14)23-15-4-3-5-16(12-15)28(26)22-13-19-24-17-6-1-2-7-18(17)27-19;/h1-7,12,14,21-22H,8-11,13H2,(H,23,25);. The molecule has 1 fully saturated rings. The van der Waals surface area contributed by atoms with Gasteiger partial charge in [-0.3, -0.25) is 0 Å². The predicted octanol–water partition coefficient (Wildman–Crippen LogP) is 3.04. The molecular weight excluding hydrogens is 583 g/mol. The van der Waals surface area contributed by atoms with Crippen molar-refractivity contribution in [2.24, 2.45) is 5.92 Å². The molecule has 0 saturated carbocycles. The van der Waals surface area contributed by atoms with Crippen LogP contribution in [-0.2, 0) is 35.7 Å². The van der Waals surface area contributed by atoms with Crippen LogP contribution in [0, 0.1) is 5.92 Å². The monoisotopic (exact) mass is 606 g/mol. The fraction of sp³-hybridized carbons (Fsp3) is 0.300. The quantitative estimate of drug-likeness (QED) is 0.404. The zero-order valence-corrected chi connectivity index (χ0v) is 19.8. The van der Waals surface area contributed by atoms with Gasteiger partial charge in [-0.1, -0.05) is 0 Å². The molecule has 1 unspecified atom stereocenters. The summed E-state index contributed by atoms with van der Waals surface area (Å²) in [6.07, 6.45) is 1.70. The van der Waals surface area contributed by atoms with Crippen molar-refractivity contribution in [3.05, 3.63) is 53.5 Å². The molecular formula is C20H22N4O2OsS2. The molecule has 3 N–H and O–H groups in total. The third-order valence-corrected chi connectivity index (χ3v) is 10.1. The number of carbonyl (C=O) groups excluding carboxylic acids is 1. The Bertz CT molecular complexity index is 1090. The number of piperidine rings is 1. The first-order valence-corrected chi connectivity index (χ1v) is 14.8. The molecule has 154 valence electrons. The van der Waals surface area contributed by atoms with Crippen LogP contribution < -0.4 is 15.4 Å². The van der Waals surface area contributed by atoms with Gasteiger partial charge in [0.1, 0.15) is 0 Å². The van der Waals surface area contributed by atoms with Gasteiger partial charge in [-0.2, -0.15) is 0 Å². The van der Waals surface area contributed by atoms with Crippen molar-refractivity contribution in [1.29, 1.82) is 0 Å². The molecule has 1 saturated heterocycles. The topological polar surface area (TPSA) is 83.1 Å². The van der Waals surface area contributed by atoms with Gasteiger partial charge in [0.05, 0.1) is 0 Å². The van der Waals surface area contributed by atoms with Crippen LogP contribution >= 0.6 is 11.3 Å². The SMILES string of the molecule is O=C(Nc1cccc([S](=O)(=[Os])NCc2nc3ccccc3s2)c1)C1CCNCC1. The van der Waals surface area contributed by atoms with E-state index in [0.717, 1.165) is 41.2 Å². The molecule has 2 heterocycles. The average Bonchev–Trinajstić information content (AvgIpc) is 3.16. The number of aromatic nitrogens is 1. The fourth-order valence-electron chi connectivity index (χ4n) is 3.29. The van der Waals surface area contributed by atoms with Crippen LogP contribution in [0.1, 0.15) is 17.8 Å². The first-order chi connectivity index (χ1) is 14.0. The summed E-state index contributed by atoms with van der Waals surface area (Å²) >= 11 is 3.05. The van der Waals surface area contributed by atoms with E-state index in [-0.39, 0.29) is 11.8 Å². The molecule has 4 rings (SSSR count). The zero-order valence-electron chi connectivity index (χ0n) is 15.7. The number of nitrogens with one attached hydrogen (secondary N) is 3. The molecule has 1 aliphatic heterocycles. The molecule has 1 aromatic heterocycles. The molecule has 1 aliphatic rings. The third kappa shape index (κ3) is 5.17. The maximum atomic E-state index is 13.3. The second-order valence-corrected chi connectivity index (χ2v) is 14.1. The Morgan fingerprint density at radius 3 is 2.79 bits per heavy atom. The van der Waals surface area contributed by atoms with Crippen molar-refractivity contribution in [2.75, 3.05) is 18.4 Å². The second kappa shape index (κ2) is 9.11. The Kier molecular flexibility index (Phi) is 6.52. The fourth-order valence-corrected chi connectivity index (χ4v) is 6.82. The molecule has 1 atom stereocenters. The van der Waals surface area contributed by atoms with E-state index < -0.39 is 7.55 Å². The van der Waals surface area contributed by atoms with E-state index in [1.807, 2.05) is 42.5 Å². The molecule has 0 bridgehead atoms. The Morgan fingerprint density at radius 2 is 2.00 bits per heavy atom. The minimum absolute atomic E-state index is 0.0323. The van der Waals surface area contributed by atoms with E-state index in [1.165, 1.54) is 16.8 Å². The summed E-state index contributed by atoms with van der Waals surface area (Å²) in [6.45, 7) is 2.18. The third-order valence-electron chi connectivity index (χ3n) is 4.85. The number of thiazole rings is 1. The van der Waals surface area contributed by atoms with Crippen LogP contribution in [0.15, 0.2) is 53.4 Å². The number of nitrogens with zero attached hydrogens (tertiary/aromatic N) is 1. The van der Waals surface area contributed by atoms with Gasteiger partial charge in [-0.25, -0.2) is 0 Å². The minimum atomic E-state index is -2.45. The second-order valence-electron chi connectivity index (χ2n) is 6.91. The van der Waals surface area contributed by atoms with Crippen molar-refractivity contribution >= 4 is 40.7 Å². The van der Waals surface area contributed by atoms with Gasteiger partial charge in [0, 0.05) is 0 Å². The zero-order chi connectivity index (χ0) is 20.3. The molecule has 0 aliphatic carbocycles. The van der Waals surface area contributed by atoms with Gasteiger partial charge < -0.3 is 0 Å². The Morgan fingerprint density at radius 1 is 1.21 bits per heavy atom. The van der Waals surface area contributed by atoms with Crippen molar-refractivity contribution in [3.8, 4) is 0 Å². The number of para-hydroxylation sites is 1. The first-order valence-electron chi connectivity index (χ1n) is 9.45. The summed E-state index contributed by atoms with van der Waals surface area (Å²) in [5.41, 5.74) is 1.65. The Balaban J connectivity index is 1.43. The van der Waals surface area contributed by atoms with Gasteiger partial charge >= 0.3 is 184 Å². The normalized spacial score (nSPS) is 17.1. The van der Waals surface area contributed by atoms with E-state index in [1.54, 1.807) is 17.4 Å².